The molecule has 2 aromatic rings. The Morgan fingerprint density at radius 2 is 2.12 bits per heavy atom. The quantitative estimate of drug-likeness (QED) is 0.543. The third-order valence-corrected chi connectivity index (χ3v) is 6.91. The van der Waals surface area contributed by atoms with Gasteiger partial charge in [-0.25, -0.2) is 18.1 Å². The lowest BCUT2D eigenvalue weighted by Gasteiger charge is -2.22. The van der Waals surface area contributed by atoms with E-state index in [4.69, 9.17) is 5.73 Å². The number of anilines is 1. The minimum Gasteiger partial charge on any atom is -0.375 e. The summed E-state index contributed by atoms with van der Waals surface area (Å²) in [7, 11) is -3.75. The molecule has 3 N–H and O–H groups in total. The van der Waals surface area contributed by atoms with E-state index in [0.717, 1.165) is 23.4 Å². The van der Waals surface area contributed by atoms with Crippen LogP contribution in [0.3, 0.4) is 0 Å². The number of aromatic nitrogens is 1. The summed E-state index contributed by atoms with van der Waals surface area (Å²) in [6, 6.07) is 6.88. The maximum absolute atomic E-state index is 12.3. The molecule has 1 aromatic heterocycles. The summed E-state index contributed by atoms with van der Waals surface area (Å²) in [6.07, 6.45) is 2.58. The number of hydrogen-bond acceptors (Lipinski definition) is 7. The molecule has 10 heteroatoms. The first-order valence-corrected chi connectivity index (χ1v) is 10.6. The number of benzene rings is 1. The van der Waals surface area contributed by atoms with Crippen molar-refractivity contribution in [3.05, 3.63) is 51.0 Å². The van der Waals surface area contributed by atoms with Gasteiger partial charge in [-0.05, 0) is 37.3 Å². The van der Waals surface area contributed by atoms with Crippen molar-refractivity contribution < 1.29 is 13.3 Å². The Morgan fingerprint density at radius 1 is 1.38 bits per heavy atom. The fourth-order valence-electron chi connectivity index (χ4n) is 3.18. The average molecular weight is 396 g/mol. The van der Waals surface area contributed by atoms with E-state index < -0.39 is 21.0 Å². The molecule has 0 spiro atoms. The van der Waals surface area contributed by atoms with Gasteiger partial charge >= 0.3 is 0 Å². The molecule has 1 aromatic carbocycles. The Morgan fingerprint density at radius 3 is 2.81 bits per heavy atom. The molecule has 1 aliphatic rings. The van der Waals surface area contributed by atoms with E-state index >= 15 is 0 Å². The first-order chi connectivity index (χ1) is 12.3. The lowest BCUT2D eigenvalue weighted by Crippen LogP contribution is -2.38. The van der Waals surface area contributed by atoms with Crippen LogP contribution in [-0.2, 0) is 22.9 Å². The molecule has 0 radical (unpaired) electrons. The van der Waals surface area contributed by atoms with E-state index in [1.54, 1.807) is 18.2 Å². The summed E-state index contributed by atoms with van der Waals surface area (Å²) in [6.45, 7) is -0.224. The normalized spacial score (nSPS) is 18.2. The van der Waals surface area contributed by atoms with E-state index in [1.807, 2.05) is 0 Å². The molecular weight excluding hydrogens is 376 g/mol. The van der Waals surface area contributed by atoms with Crippen LogP contribution in [0.5, 0.6) is 0 Å². The number of thiazole rings is 1. The molecule has 0 fully saturated rings. The third kappa shape index (κ3) is 4.37. The van der Waals surface area contributed by atoms with Crippen LogP contribution in [0.4, 0.5) is 5.13 Å². The highest BCUT2D eigenvalue weighted by molar-refractivity contribution is 7.89. The first kappa shape index (κ1) is 18.7. The number of aryl methyl sites for hydroxylation is 1. The van der Waals surface area contributed by atoms with Crippen molar-refractivity contribution in [2.45, 2.75) is 36.6 Å². The summed E-state index contributed by atoms with van der Waals surface area (Å²) in [5.74, 6) is 0.124. The highest BCUT2D eigenvalue weighted by atomic mass is 32.2. The van der Waals surface area contributed by atoms with Crippen molar-refractivity contribution in [3.8, 4) is 0 Å². The minimum atomic E-state index is -3.75. The second-order valence-corrected chi connectivity index (χ2v) is 9.25. The third-order valence-electron chi connectivity index (χ3n) is 4.52. The number of nitrogens with two attached hydrogens (primary N) is 1. The molecule has 0 aliphatic heterocycles. The predicted octanol–water partition coefficient (Wildman–Crippen LogP) is 1.84. The zero-order valence-corrected chi connectivity index (χ0v) is 15.6. The Hall–Kier alpha value is -2.04. The van der Waals surface area contributed by atoms with Crippen molar-refractivity contribution in [2.75, 3.05) is 12.3 Å². The molecular formula is C16H20N4O4S2. The fourth-order valence-corrected chi connectivity index (χ4v) is 5.27. The van der Waals surface area contributed by atoms with E-state index in [0.29, 0.717) is 18.0 Å². The highest BCUT2D eigenvalue weighted by Crippen LogP contribution is 2.33. The Kier molecular flexibility index (Phi) is 5.54. The van der Waals surface area contributed by atoms with Crippen LogP contribution < -0.4 is 10.5 Å². The smallest absolute Gasteiger partial charge is 0.240 e. The van der Waals surface area contributed by atoms with Gasteiger partial charge in [0.25, 0.3) is 0 Å². The van der Waals surface area contributed by atoms with Crippen molar-refractivity contribution in [3.63, 3.8) is 0 Å². The molecule has 140 valence electrons. The van der Waals surface area contributed by atoms with E-state index in [-0.39, 0.29) is 17.4 Å². The van der Waals surface area contributed by atoms with E-state index in [2.05, 4.69) is 9.71 Å². The Bertz CT molecular complexity index is 883. The van der Waals surface area contributed by atoms with Gasteiger partial charge in [-0.3, -0.25) is 10.1 Å². The fraction of sp³-hybridized carbons (Fsp3) is 0.438. The molecule has 2 unspecified atom stereocenters. The van der Waals surface area contributed by atoms with Gasteiger partial charge in [0.15, 0.2) is 5.13 Å². The summed E-state index contributed by atoms with van der Waals surface area (Å²) in [5, 5.41) is 11.9. The van der Waals surface area contributed by atoms with Gasteiger partial charge in [0.2, 0.25) is 16.1 Å². The highest BCUT2D eigenvalue weighted by Gasteiger charge is 2.30. The van der Waals surface area contributed by atoms with Gasteiger partial charge in [0.05, 0.1) is 17.1 Å². The zero-order valence-electron chi connectivity index (χ0n) is 14.0. The van der Waals surface area contributed by atoms with E-state index in [1.165, 1.54) is 23.5 Å². The second-order valence-electron chi connectivity index (χ2n) is 6.37. The topological polar surface area (TPSA) is 128 Å². The van der Waals surface area contributed by atoms with Crippen molar-refractivity contribution in [1.82, 2.24) is 9.71 Å². The van der Waals surface area contributed by atoms with Crippen LogP contribution in [0.25, 0.3) is 0 Å². The largest absolute Gasteiger partial charge is 0.375 e. The SMILES string of the molecule is Nc1nc2c(s1)CC(CC(CNS(=O)(=O)c1ccccc1)[N+](=O)[O-])CC2. The number of hydrogen-bond donors (Lipinski definition) is 2. The maximum Gasteiger partial charge on any atom is 0.240 e. The Balaban J connectivity index is 1.62. The summed E-state index contributed by atoms with van der Waals surface area (Å²) >= 11 is 1.43. The second kappa shape index (κ2) is 7.68. The number of nitrogen functional groups attached to an aromatic ring is 1. The predicted molar refractivity (Wildman–Crippen MR) is 99.1 cm³/mol. The summed E-state index contributed by atoms with van der Waals surface area (Å²) < 4.78 is 26.9. The molecule has 0 amide bonds. The maximum atomic E-state index is 12.3. The summed E-state index contributed by atoms with van der Waals surface area (Å²) in [5.41, 5.74) is 6.72. The van der Waals surface area contributed by atoms with Gasteiger partial charge in [-0.2, -0.15) is 0 Å². The molecule has 0 saturated carbocycles. The Labute approximate surface area is 155 Å². The molecule has 1 heterocycles. The van der Waals surface area contributed by atoms with Gasteiger partial charge in [-0.15, -0.1) is 11.3 Å². The standard InChI is InChI=1S/C16H20N4O4S2/c17-16-19-14-7-6-11(9-15(14)25-16)8-12(20(21)22)10-18-26(23,24)13-4-2-1-3-5-13/h1-5,11-12,18H,6-10H2,(H2,17,19). The number of nitro groups is 1. The van der Waals surface area contributed by atoms with Crippen molar-refractivity contribution >= 4 is 26.5 Å². The molecule has 1 aliphatic carbocycles. The van der Waals surface area contributed by atoms with Crippen LogP contribution >= 0.6 is 11.3 Å². The monoisotopic (exact) mass is 396 g/mol. The number of nitrogens with one attached hydrogen (secondary N) is 1. The number of fused-ring (bicyclic) bond motifs is 1. The van der Waals surface area contributed by atoms with Crippen molar-refractivity contribution in [2.24, 2.45) is 5.92 Å². The lowest BCUT2D eigenvalue weighted by atomic mass is 9.86. The lowest BCUT2D eigenvalue weighted by molar-refractivity contribution is -0.522. The van der Waals surface area contributed by atoms with Gasteiger partial charge in [0.1, 0.15) is 0 Å². The molecule has 3 rings (SSSR count). The van der Waals surface area contributed by atoms with Crippen LogP contribution in [0.2, 0.25) is 0 Å². The zero-order chi connectivity index (χ0) is 18.7. The van der Waals surface area contributed by atoms with Gasteiger partial charge in [0, 0.05) is 16.2 Å². The molecule has 26 heavy (non-hydrogen) atoms. The summed E-state index contributed by atoms with van der Waals surface area (Å²) in [4.78, 5) is 16.5. The first-order valence-electron chi connectivity index (χ1n) is 8.27. The van der Waals surface area contributed by atoms with Crippen molar-refractivity contribution in [1.29, 1.82) is 0 Å². The number of nitrogens with zero attached hydrogens (tertiary/aromatic N) is 2. The van der Waals surface area contributed by atoms with E-state index in [9.17, 15) is 18.5 Å². The molecule has 8 nitrogen and oxygen atoms in total. The van der Waals surface area contributed by atoms with Crippen LogP contribution in [0.1, 0.15) is 23.4 Å². The molecule has 2 atom stereocenters. The van der Waals surface area contributed by atoms with Gasteiger partial charge < -0.3 is 5.73 Å². The average Bonchev–Trinajstić information content (AvgIpc) is 2.98. The molecule has 0 saturated heterocycles. The number of sulfonamides is 1. The number of rotatable bonds is 7. The minimum absolute atomic E-state index is 0.101. The van der Waals surface area contributed by atoms with Crippen LogP contribution in [-0.4, -0.2) is 30.9 Å². The van der Waals surface area contributed by atoms with Gasteiger partial charge in [-0.1, -0.05) is 18.2 Å². The van der Waals surface area contributed by atoms with Crippen LogP contribution in [0, 0.1) is 16.0 Å². The van der Waals surface area contributed by atoms with Crippen LogP contribution in [0.15, 0.2) is 35.2 Å². The molecule has 0 bridgehead atoms.